The molecule has 1 amide bonds. The van der Waals surface area contributed by atoms with Crippen LogP contribution in [0.2, 0.25) is 0 Å². The van der Waals surface area contributed by atoms with Gasteiger partial charge in [0, 0.05) is 20.1 Å². The number of aromatic nitrogens is 2. The standard InChI is InChI=1S/C14H17FN4O2S.ClH/c1-21-10(8-16)7-12(20)17-14-19-18-13(22-14)6-9-4-2-3-5-11(9)15;/h2-5,10H,6-8,16H2,1H3,(H,17,19,20);1H. The number of nitrogens with one attached hydrogen (secondary N) is 1. The number of nitrogens with two attached hydrogens (primary N) is 1. The second-order valence-corrected chi connectivity index (χ2v) is 5.68. The third kappa shape index (κ3) is 5.83. The molecule has 6 nitrogen and oxygen atoms in total. The molecule has 1 heterocycles. The number of rotatable bonds is 7. The Morgan fingerprint density at radius 3 is 2.83 bits per heavy atom. The molecular formula is C14H18ClFN4O2S. The number of ether oxygens (including phenoxy) is 1. The van der Waals surface area contributed by atoms with Crippen LogP contribution in [-0.4, -0.2) is 35.9 Å². The van der Waals surface area contributed by atoms with Crippen LogP contribution in [0.15, 0.2) is 24.3 Å². The fourth-order valence-electron chi connectivity index (χ4n) is 1.82. The first-order valence-electron chi connectivity index (χ1n) is 6.71. The van der Waals surface area contributed by atoms with Crippen molar-refractivity contribution in [2.45, 2.75) is 18.9 Å². The van der Waals surface area contributed by atoms with Gasteiger partial charge in [0.1, 0.15) is 10.8 Å². The van der Waals surface area contributed by atoms with Crippen LogP contribution in [0.4, 0.5) is 9.52 Å². The molecule has 1 atom stereocenters. The summed E-state index contributed by atoms with van der Waals surface area (Å²) in [5.74, 6) is -0.528. The Kier molecular flexibility index (Phi) is 8.04. The molecular weight excluding hydrogens is 343 g/mol. The van der Waals surface area contributed by atoms with Crippen molar-refractivity contribution in [2.24, 2.45) is 5.73 Å². The number of nitrogens with zero attached hydrogens (tertiary/aromatic N) is 2. The monoisotopic (exact) mass is 360 g/mol. The average molecular weight is 361 g/mol. The lowest BCUT2D eigenvalue weighted by molar-refractivity contribution is -0.118. The zero-order valence-electron chi connectivity index (χ0n) is 12.5. The summed E-state index contributed by atoms with van der Waals surface area (Å²) in [5.41, 5.74) is 6.00. The zero-order valence-corrected chi connectivity index (χ0v) is 14.1. The molecule has 0 bridgehead atoms. The average Bonchev–Trinajstić information content (AvgIpc) is 2.94. The summed E-state index contributed by atoms with van der Waals surface area (Å²) in [7, 11) is 1.50. The molecule has 3 N–H and O–H groups in total. The highest BCUT2D eigenvalue weighted by atomic mass is 35.5. The maximum atomic E-state index is 13.6. The first kappa shape index (κ1) is 19.4. The largest absolute Gasteiger partial charge is 0.380 e. The molecule has 0 aliphatic rings. The lowest BCUT2D eigenvalue weighted by atomic mass is 10.1. The lowest BCUT2D eigenvalue weighted by Crippen LogP contribution is -2.28. The van der Waals surface area contributed by atoms with Crippen LogP contribution in [0.3, 0.4) is 0 Å². The maximum absolute atomic E-state index is 13.6. The fraction of sp³-hybridized carbons (Fsp3) is 0.357. The Morgan fingerprint density at radius 2 is 2.17 bits per heavy atom. The van der Waals surface area contributed by atoms with Crippen molar-refractivity contribution in [2.75, 3.05) is 19.0 Å². The quantitative estimate of drug-likeness (QED) is 0.788. The van der Waals surface area contributed by atoms with Crippen molar-refractivity contribution >= 4 is 34.8 Å². The van der Waals surface area contributed by atoms with Gasteiger partial charge in [-0.3, -0.25) is 4.79 Å². The number of anilines is 1. The number of carbonyl (C=O) groups is 1. The lowest BCUT2D eigenvalue weighted by Gasteiger charge is -2.11. The summed E-state index contributed by atoms with van der Waals surface area (Å²) >= 11 is 1.21. The van der Waals surface area contributed by atoms with E-state index >= 15 is 0 Å². The summed E-state index contributed by atoms with van der Waals surface area (Å²) in [4.78, 5) is 11.8. The van der Waals surface area contributed by atoms with E-state index in [-0.39, 0.29) is 43.2 Å². The van der Waals surface area contributed by atoms with Crippen molar-refractivity contribution in [3.8, 4) is 0 Å². The molecule has 0 aliphatic heterocycles. The van der Waals surface area contributed by atoms with Crippen molar-refractivity contribution in [3.05, 3.63) is 40.7 Å². The topological polar surface area (TPSA) is 90.1 Å². The van der Waals surface area contributed by atoms with Gasteiger partial charge in [-0.25, -0.2) is 4.39 Å². The van der Waals surface area contributed by atoms with Gasteiger partial charge in [0.15, 0.2) is 0 Å². The van der Waals surface area contributed by atoms with Crippen molar-refractivity contribution < 1.29 is 13.9 Å². The highest BCUT2D eigenvalue weighted by Crippen LogP contribution is 2.20. The van der Waals surface area contributed by atoms with Crippen LogP contribution >= 0.6 is 23.7 Å². The van der Waals surface area contributed by atoms with Crippen molar-refractivity contribution in [1.29, 1.82) is 0 Å². The van der Waals surface area contributed by atoms with E-state index in [2.05, 4.69) is 15.5 Å². The predicted molar refractivity (Wildman–Crippen MR) is 89.5 cm³/mol. The first-order chi connectivity index (χ1) is 10.6. The molecule has 2 rings (SSSR count). The number of benzene rings is 1. The van der Waals surface area contributed by atoms with Gasteiger partial charge in [0.25, 0.3) is 0 Å². The summed E-state index contributed by atoms with van der Waals surface area (Å²) in [6.07, 6.45) is 0.157. The molecule has 1 unspecified atom stereocenters. The summed E-state index contributed by atoms with van der Waals surface area (Å²) in [6.45, 7) is 0.262. The molecule has 2 aromatic rings. The van der Waals surface area contributed by atoms with Crippen molar-refractivity contribution in [3.63, 3.8) is 0 Å². The number of methoxy groups -OCH3 is 1. The first-order valence-corrected chi connectivity index (χ1v) is 7.52. The van der Waals surface area contributed by atoms with Crippen LogP contribution < -0.4 is 11.1 Å². The second kappa shape index (κ2) is 9.51. The molecule has 0 saturated heterocycles. The van der Waals surface area contributed by atoms with E-state index in [9.17, 15) is 9.18 Å². The Bertz CT molecular complexity index is 637. The minimum atomic E-state index is -0.328. The van der Waals surface area contributed by atoms with Crippen LogP contribution in [0.25, 0.3) is 0 Å². The van der Waals surface area contributed by atoms with Gasteiger partial charge in [-0.1, -0.05) is 29.5 Å². The molecule has 0 saturated carbocycles. The third-order valence-corrected chi connectivity index (χ3v) is 3.86. The molecule has 0 spiro atoms. The Labute approximate surface area is 143 Å². The van der Waals surface area contributed by atoms with Gasteiger partial charge >= 0.3 is 0 Å². The van der Waals surface area contributed by atoms with Gasteiger partial charge < -0.3 is 15.8 Å². The van der Waals surface area contributed by atoms with E-state index in [1.807, 2.05) is 0 Å². The van der Waals surface area contributed by atoms with Gasteiger partial charge in [-0.2, -0.15) is 0 Å². The van der Waals surface area contributed by atoms with E-state index in [0.717, 1.165) is 0 Å². The van der Waals surface area contributed by atoms with Gasteiger partial charge in [-0.15, -0.1) is 22.6 Å². The van der Waals surface area contributed by atoms with E-state index in [0.29, 0.717) is 22.1 Å². The number of amides is 1. The zero-order chi connectivity index (χ0) is 15.9. The van der Waals surface area contributed by atoms with Gasteiger partial charge in [0.2, 0.25) is 11.0 Å². The molecule has 0 fully saturated rings. The molecule has 1 aromatic heterocycles. The smallest absolute Gasteiger partial charge is 0.228 e. The molecule has 126 valence electrons. The number of halogens is 2. The summed E-state index contributed by atoms with van der Waals surface area (Å²) in [5, 5.41) is 11.5. The number of hydrogen-bond acceptors (Lipinski definition) is 6. The fourth-order valence-corrected chi connectivity index (χ4v) is 2.60. The van der Waals surface area contributed by atoms with Gasteiger partial charge in [-0.05, 0) is 11.6 Å². The van der Waals surface area contributed by atoms with Crippen LogP contribution in [-0.2, 0) is 16.0 Å². The maximum Gasteiger partial charge on any atom is 0.228 e. The molecule has 9 heteroatoms. The summed E-state index contributed by atoms with van der Waals surface area (Å²) in [6, 6.07) is 6.49. The van der Waals surface area contributed by atoms with Crippen LogP contribution in [0.5, 0.6) is 0 Å². The van der Waals surface area contributed by atoms with E-state index < -0.39 is 0 Å². The Morgan fingerprint density at radius 1 is 1.43 bits per heavy atom. The molecule has 0 radical (unpaired) electrons. The molecule has 1 aromatic carbocycles. The molecule has 0 aliphatic carbocycles. The minimum Gasteiger partial charge on any atom is -0.380 e. The van der Waals surface area contributed by atoms with Gasteiger partial charge in [0.05, 0.1) is 12.5 Å². The van der Waals surface area contributed by atoms with Crippen LogP contribution in [0.1, 0.15) is 17.0 Å². The SMILES string of the molecule is COC(CN)CC(=O)Nc1nnc(Cc2ccccc2F)s1.Cl. The van der Waals surface area contributed by atoms with Crippen LogP contribution in [0, 0.1) is 5.82 Å². The Hall–Kier alpha value is -1.61. The highest BCUT2D eigenvalue weighted by molar-refractivity contribution is 7.15. The predicted octanol–water partition coefficient (Wildman–Crippen LogP) is 1.99. The minimum absolute atomic E-state index is 0. The summed E-state index contributed by atoms with van der Waals surface area (Å²) < 4.78 is 18.6. The highest BCUT2D eigenvalue weighted by Gasteiger charge is 2.14. The van der Waals surface area contributed by atoms with E-state index in [1.165, 1.54) is 24.5 Å². The Balaban J connectivity index is 0.00000264. The second-order valence-electron chi connectivity index (χ2n) is 4.61. The normalized spacial score (nSPS) is 11.6. The van der Waals surface area contributed by atoms with E-state index in [1.54, 1.807) is 18.2 Å². The number of carbonyl (C=O) groups excluding carboxylic acids is 1. The number of hydrogen-bond donors (Lipinski definition) is 2. The van der Waals surface area contributed by atoms with Crippen molar-refractivity contribution in [1.82, 2.24) is 10.2 Å². The third-order valence-electron chi connectivity index (χ3n) is 3.02. The van der Waals surface area contributed by atoms with E-state index in [4.69, 9.17) is 10.5 Å². The molecule has 23 heavy (non-hydrogen) atoms.